The molecule has 1 saturated heterocycles. The molecule has 0 aromatic carbocycles. The molecule has 1 atom stereocenters. The van der Waals surface area contributed by atoms with Gasteiger partial charge in [0.25, 0.3) is 0 Å². The minimum absolute atomic E-state index is 0.0578. The lowest BCUT2D eigenvalue weighted by atomic mass is 9.90. The van der Waals surface area contributed by atoms with Crippen molar-refractivity contribution in [2.24, 2.45) is 5.41 Å². The fourth-order valence-electron chi connectivity index (χ4n) is 2.24. The highest BCUT2D eigenvalue weighted by Gasteiger charge is 2.23. The van der Waals surface area contributed by atoms with Crippen LogP contribution in [0.4, 0.5) is 0 Å². The molecule has 0 aromatic heterocycles. The standard InChI is InChI=1S/C13H23N3O/c1-11(17)15-12-5-8-16(9-12)7-4-6-13(2,3)10-14/h12H,4-9H2,1-3H3,(H,15,17). The summed E-state index contributed by atoms with van der Waals surface area (Å²) in [5.74, 6) is 0.0578. The molecule has 1 N–H and O–H groups in total. The maximum atomic E-state index is 10.9. The zero-order valence-corrected chi connectivity index (χ0v) is 11.1. The largest absolute Gasteiger partial charge is 0.352 e. The van der Waals surface area contributed by atoms with Gasteiger partial charge in [-0.2, -0.15) is 5.26 Å². The van der Waals surface area contributed by atoms with Crippen LogP contribution >= 0.6 is 0 Å². The number of nitrogens with one attached hydrogen (secondary N) is 1. The highest BCUT2D eigenvalue weighted by Crippen LogP contribution is 2.21. The van der Waals surface area contributed by atoms with Crippen molar-refractivity contribution in [3.63, 3.8) is 0 Å². The van der Waals surface area contributed by atoms with E-state index in [1.165, 1.54) is 0 Å². The van der Waals surface area contributed by atoms with Crippen LogP contribution in [0.25, 0.3) is 0 Å². The van der Waals surface area contributed by atoms with Gasteiger partial charge < -0.3 is 10.2 Å². The molecule has 1 amide bonds. The number of rotatable bonds is 5. The molecule has 96 valence electrons. The molecule has 17 heavy (non-hydrogen) atoms. The van der Waals surface area contributed by atoms with E-state index in [1.807, 2.05) is 13.8 Å². The number of carbonyl (C=O) groups is 1. The average Bonchev–Trinajstić information content (AvgIpc) is 2.64. The first-order valence-corrected chi connectivity index (χ1v) is 6.34. The molecule has 1 aliphatic rings. The summed E-state index contributed by atoms with van der Waals surface area (Å²) in [6.45, 7) is 8.57. The Hall–Kier alpha value is -1.08. The van der Waals surface area contributed by atoms with E-state index in [4.69, 9.17) is 5.26 Å². The van der Waals surface area contributed by atoms with Crippen LogP contribution in [-0.2, 0) is 4.79 Å². The van der Waals surface area contributed by atoms with E-state index < -0.39 is 0 Å². The Morgan fingerprint density at radius 1 is 1.59 bits per heavy atom. The molecule has 1 unspecified atom stereocenters. The molecule has 1 rings (SSSR count). The zero-order chi connectivity index (χ0) is 12.9. The first kappa shape index (κ1) is 14.0. The second kappa shape index (κ2) is 6.02. The first-order valence-electron chi connectivity index (χ1n) is 6.34. The Kier molecular flexibility index (Phi) is 4.95. The van der Waals surface area contributed by atoms with Crippen molar-refractivity contribution in [1.29, 1.82) is 5.26 Å². The maximum absolute atomic E-state index is 10.9. The fourth-order valence-corrected chi connectivity index (χ4v) is 2.24. The lowest BCUT2D eigenvalue weighted by molar-refractivity contribution is -0.119. The van der Waals surface area contributed by atoms with Gasteiger partial charge in [-0.1, -0.05) is 0 Å². The number of nitriles is 1. The van der Waals surface area contributed by atoms with Crippen LogP contribution in [0, 0.1) is 16.7 Å². The second-order valence-electron chi connectivity index (χ2n) is 5.59. The average molecular weight is 237 g/mol. The monoisotopic (exact) mass is 237 g/mol. The Balaban J connectivity index is 2.19. The van der Waals surface area contributed by atoms with Gasteiger partial charge in [0.2, 0.25) is 5.91 Å². The maximum Gasteiger partial charge on any atom is 0.217 e. The summed E-state index contributed by atoms with van der Waals surface area (Å²) in [6.07, 6.45) is 3.03. The molecule has 4 nitrogen and oxygen atoms in total. The predicted molar refractivity (Wildman–Crippen MR) is 67.3 cm³/mol. The Morgan fingerprint density at radius 2 is 2.29 bits per heavy atom. The van der Waals surface area contributed by atoms with Crippen molar-refractivity contribution in [3.05, 3.63) is 0 Å². The van der Waals surface area contributed by atoms with E-state index in [9.17, 15) is 4.79 Å². The third-order valence-electron chi connectivity index (χ3n) is 3.26. The van der Waals surface area contributed by atoms with Crippen LogP contribution in [0.3, 0.4) is 0 Å². The number of likely N-dealkylation sites (tertiary alicyclic amines) is 1. The van der Waals surface area contributed by atoms with E-state index in [0.29, 0.717) is 6.04 Å². The molecule has 1 heterocycles. The number of amides is 1. The molecular formula is C13H23N3O. The summed E-state index contributed by atoms with van der Waals surface area (Å²) >= 11 is 0. The highest BCUT2D eigenvalue weighted by molar-refractivity contribution is 5.73. The molecule has 0 spiro atoms. The van der Waals surface area contributed by atoms with Crippen LogP contribution in [0.2, 0.25) is 0 Å². The SMILES string of the molecule is CC(=O)NC1CCN(CCCC(C)(C)C#N)C1. The van der Waals surface area contributed by atoms with E-state index in [0.717, 1.165) is 38.9 Å². The quantitative estimate of drug-likeness (QED) is 0.789. The van der Waals surface area contributed by atoms with Crippen molar-refractivity contribution in [2.75, 3.05) is 19.6 Å². The van der Waals surface area contributed by atoms with Gasteiger partial charge in [-0.3, -0.25) is 4.79 Å². The molecule has 0 aliphatic carbocycles. The Morgan fingerprint density at radius 3 is 2.88 bits per heavy atom. The van der Waals surface area contributed by atoms with Crippen molar-refractivity contribution >= 4 is 5.91 Å². The molecule has 0 bridgehead atoms. The molecule has 4 heteroatoms. The van der Waals surface area contributed by atoms with Gasteiger partial charge in [-0.25, -0.2) is 0 Å². The third-order valence-corrected chi connectivity index (χ3v) is 3.26. The number of nitrogens with zero attached hydrogens (tertiary/aromatic N) is 2. The lowest BCUT2D eigenvalue weighted by Gasteiger charge is -2.19. The topological polar surface area (TPSA) is 56.1 Å². The van der Waals surface area contributed by atoms with Gasteiger partial charge in [0.05, 0.1) is 11.5 Å². The van der Waals surface area contributed by atoms with Crippen LogP contribution in [0.5, 0.6) is 0 Å². The molecule has 1 aliphatic heterocycles. The summed E-state index contributed by atoms with van der Waals surface area (Å²) < 4.78 is 0. The zero-order valence-electron chi connectivity index (χ0n) is 11.1. The van der Waals surface area contributed by atoms with Gasteiger partial charge in [0, 0.05) is 26.1 Å². The minimum atomic E-state index is -0.212. The van der Waals surface area contributed by atoms with Gasteiger partial charge in [-0.05, 0) is 39.7 Å². The second-order valence-corrected chi connectivity index (χ2v) is 5.59. The van der Waals surface area contributed by atoms with Gasteiger partial charge in [0.15, 0.2) is 0 Å². The normalized spacial score (nSPS) is 21.2. The summed E-state index contributed by atoms with van der Waals surface area (Å²) in [5.41, 5.74) is -0.212. The highest BCUT2D eigenvalue weighted by atomic mass is 16.1. The van der Waals surface area contributed by atoms with E-state index in [2.05, 4.69) is 16.3 Å². The van der Waals surface area contributed by atoms with Gasteiger partial charge in [-0.15, -0.1) is 0 Å². The molecule has 0 radical (unpaired) electrons. The third kappa shape index (κ3) is 5.18. The van der Waals surface area contributed by atoms with Crippen LogP contribution in [0.1, 0.15) is 40.0 Å². The van der Waals surface area contributed by atoms with Crippen molar-refractivity contribution in [3.8, 4) is 6.07 Å². The van der Waals surface area contributed by atoms with Crippen LogP contribution < -0.4 is 5.32 Å². The van der Waals surface area contributed by atoms with Crippen LogP contribution in [-0.4, -0.2) is 36.5 Å². The summed E-state index contributed by atoms with van der Waals surface area (Å²) in [5, 5.41) is 11.9. The lowest BCUT2D eigenvalue weighted by Crippen LogP contribution is -2.35. The van der Waals surface area contributed by atoms with Crippen molar-refractivity contribution in [1.82, 2.24) is 10.2 Å². The Bertz CT molecular complexity index is 306. The summed E-state index contributed by atoms with van der Waals surface area (Å²) in [6, 6.07) is 2.64. The molecule has 0 aromatic rings. The van der Waals surface area contributed by atoms with Gasteiger partial charge >= 0.3 is 0 Å². The molecule has 0 saturated carbocycles. The number of carbonyl (C=O) groups excluding carboxylic acids is 1. The molecule has 1 fully saturated rings. The van der Waals surface area contributed by atoms with E-state index >= 15 is 0 Å². The van der Waals surface area contributed by atoms with E-state index in [1.54, 1.807) is 6.92 Å². The first-order chi connectivity index (χ1) is 7.93. The van der Waals surface area contributed by atoms with E-state index in [-0.39, 0.29) is 11.3 Å². The number of hydrogen-bond donors (Lipinski definition) is 1. The minimum Gasteiger partial charge on any atom is -0.352 e. The van der Waals surface area contributed by atoms with Crippen molar-refractivity contribution in [2.45, 2.75) is 46.1 Å². The predicted octanol–water partition coefficient (Wildman–Crippen LogP) is 1.53. The fraction of sp³-hybridized carbons (Fsp3) is 0.846. The molecular weight excluding hydrogens is 214 g/mol. The number of hydrogen-bond acceptors (Lipinski definition) is 3. The smallest absolute Gasteiger partial charge is 0.217 e. The van der Waals surface area contributed by atoms with Gasteiger partial charge in [0.1, 0.15) is 0 Å². The summed E-state index contributed by atoms with van der Waals surface area (Å²) in [7, 11) is 0. The van der Waals surface area contributed by atoms with Crippen LogP contribution in [0.15, 0.2) is 0 Å². The summed E-state index contributed by atoms with van der Waals surface area (Å²) in [4.78, 5) is 13.3. The Labute approximate surface area is 104 Å². The van der Waals surface area contributed by atoms with Crippen molar-refractivity contribution < 1.29 is 4.79 Å².